The van der Waals surface area contributed by atoms with Gasteiger partial charge in [-0.25, -0.2) is 0 Å². The highest BCUT2D eigenvalue weighted by molar-refractivity contribution is 9.10. The molecule has 0 aliphatic carbocycles. The van der Waals surface area contributed by atoms with Crippen molar-refractivity contribution in [3.05, 3.63) is 32.5 Å². The Morgan fingerprint density at radius 3 is 2.88 bits per heavy atom. The van der Waals surface area contributed by atoms with Gasteiger partial charge in [-0.1, -0.05) is 34.5 Å². The Kier molecular flexibility index (Phi) is 4.01. The third-order valence-electron chi connectivity index (χ3n) is 2.33. The van der Waals surface area contributed by atoms with E-state index < -0.39 is 0 Å². The third-order valence-corrected chi connectivity index (χ3v) is 3.31. The topological polar surface area (TPSA) is 33.6 Å². The van der Waals surface area contributed by atoms with E-state index >= 15 is 0 Å². The first-order valence-electron chi connectivity index (χ1n) is 5.23. The first-order chi connectivity index (χ1) is 8.11. The summed E-state index contributed by atoms with van der Waals surface area (Å²) in [5.74, 6) is 0.819. The summed E-state index contributed by atoms with van der Waals surface area (Å²) in [7, 11) is 0. The van der Waals surface area contributed by atoms with Gasteiger partial charge in [-0.05, 0) is 36.8 Å². The van der Waals surface area contributed by atoms with Crippen LogP contribution in [0, 0.1) is 4.77 Å². The number of aromatic amines is 1. The van der Waals surface area contributed by atoms with Gasteiger partial charge in [0.25, 0.3) is 0 Å². The average molecular weight is 333 g/mol. The lowest BCUT2D eigenvalue weighted by molar-refractivity contribution is 0.675. The monoisotopic (exact) mass is 331 g/mol. The summed E-state index contributed by atoms with van der Waals surface area (Å²) < 4.78 is 3.54. The molecule has 0 saturated heterocycles. The van der Waals surface area contributed by atoms with Gasteiger partial charge in [0, 0.05) is 21.6 Å². The molecule has 0 saturated carbocycles. The van der Waals surface area contributed by atoms with Crippen LogP contribution >= 0.6 is 39.7 Å². The van der Waals surface area contributed by atoms with E-state index in [0.29, 0.717) is 9.79 Å². The van der Waals surface area contributed by atoms with E-state index in [9.17, 15) is 0 Å². The van der Waals surface area contributed by atoms with Crippen molar-refractivity contribution < 1.29 is 0 Å². The summed E-state index contributed by atoms with van der Waals surface area (Å²) in [6, 6.07) is 5.70. The van der Waals surface area contributed by atoms with E-state index in [1.165, 1.54) is 0 Å². The van der Waals surface area contributed by atoms with Crippen molar-refractivity contribution in [2.45, 2.75) is 19.9 Å². The number of nitrogens with one attached hydrogen (secondary N) is 1. The van der Waals surface area contributed by atoms with Crippen LogP contribution in [0.3, 0.4) is 0 Å². The maximum atomic E-state index is 6.03. The highest BCUT2D eigenvalue weighted by atomic mass is 79.9. The minimum atomic E-state index is 0.637. The number of hydrogen-bond donors (Lipinski definition) is 1. The summed E-state index contributed by atoms with van der Waals surface area (Å²) in [5.41, 5.74) is 0.949. The fraction of sp³-hybridized carbons (Fsp3) is 0.273. The standard InChI is InChI=1S/C11H11BrClN3S/c1-2-3-16-10(14-15-11(16)17)7-4-8(12)6-9(13)5-7/h4-6H,2-3H2,1H3,(H,15,17). The predicted molar refractivity (Wildman–Crippen MR) is 75.8 cm³/mol. The molecule has 0 fully saturated rings. The molecule has 0 spiro atoms. The molecule has 17 heavy (non-hydrogen) atoms. The summed E-state index contributed by atoms with van der Waals surface area (Å²) in [5, 5.41) is 7.74. The van der Waals surface area contributed by atoms with Crippen LogP contribution in [0.25, 0.3) is 11.4 Å². The van der Waals surface area contributed by atoms with E-state index in [0.717, 1.165) is 28.8 Å². The second-order valence-electron chi connectivity index (χ2n) is 3.66. The van der Waals surface area contributed by atoms with Crippen LogP contribution in [0.5, 0.6) is 0 Å². The second-order valence-corrected chi connectivity index (χ2v) is 5.40. The van der Waals surface area contributed by atoms with E-state index in [1.54, 1.807) is 0 Å². The molecule has 1 aromatic carbocycles. The quantitative estimate of drug-likeness (QED) is 0.843. The van der Waals surface area contributed by atoms with E-state index in [4.69, 9.17) is 23.8 Å². The first kappa shape index (κ1) is 12.8. The molecule has 0 atom stereocenters. The average Bonchev–Trinajstić information content (AvgIpc) is 2.60. The number of hydrogen-bond acceptors (Lipinski definition) is 2. The lowest BCUT2D eigenvalue weighted by atomic mass is 10.2. The van der Waals surface area contributed by atoms with E-state index in [2.05, 4.69) is 33.1 Å². The SMILES string of the molecule is CCCn1c(-c2cc(Cl)cc(Br)c2)n[nH]c1=S. The van der Waals surface area contributed by atoms with Crippen molar-refractivity contribution in [1.29, 1.82) is 0 Å². The summed E-state index contributed by atoms with van der Waals surface area (Å²) in [4.78, 5) is 0. The molecule has 0 unspecified atom stereocenters. The number of benzene rings is 1. The van der Waals surface area contributed by atoms with Crippen LogP contribution in [0.2, 0.25) is 5.02 Å². The Hall–Kier alpha value is -0.650. The molecular weight excluding hydrogens is 322 g/mol. The van der Waals surface area contributed by atoms with E-state index in [1.807, 2.05) is 22.8 Å². The summed E-state index contributed by atoms with van der Waals surface area (Å²) >= 11 is 14.7. The Morgan fingerprint density at radius 2 is 2.24 bits per heavy atom. The number of nitrogens with zero attached hydrogens (tertiary/aromatic N) is 2. The zero-order valence-electron chi connectivity index (χ0n) is 9.20. The van der Waals surface area contributed by atoms with Gasteiger partial charge in [0.05, 0.1) is 0 Å². The van der Waals surface area contributed by atoms with Crippen molar-refractivity contribution in [1.82, 2.24) is 14.8 Å². The molecule has 3 nitrogen and oxygen atoms in total. The third kappa shape index (κ3) is 2.78. The highest BCUT2D eigenvalue weighted by Crippen LogP contribution is 2.26. The zero-order valence-corrected chi connectivity index (χ0v) is 12.4. The molecule has 0 bridgehead atoms. The van der Waals surface area contributed by atoms with Crippen molar-refractivity contribution in [2.75, 3.05) is 0 Å². The van der Waals surface area contributed by atoms with Gasteiger partial charge >= 0.3 is 0 Å². The predicted octanol–water partition coefficient (Wildman–Crippen LogP) is 4.43. The lowest BCUT2D eigenvalue weighted by Crippen LogP contribution is -1.99. The molecule has 0 amide bonds. The first-order valence-corrected chi connectivity index (χ1v) is 6.81. The molecule has 1 heterocycles. The van der Waals surface area contributed by atoms with Gasteiger partial charge in [0.1, 0.15) is 0 Å². The maximum absolute atomic E-state index is 6.03. The van der Waals surface area contributed by atoms with Crippen LogP contribution in [0.1, 0.15) is 13.3 Å². The Balaban J connectivity index is 2.56. The molecular formula is C11H11BrClN3S. The smallest absolute Gasteiger partial charge is 0.195 e. The number of halogens is 2. The minimum absolute atomic E-state index is 0.637. The van der Waals surface area contributed by atoms with Gasteiger partial charge in [0.2, 0.25) is 0 Å². The molecule has 6 heteroatoms. The molecule has 1 aromatic heterocycles. The molecule has 0 aliphatic rings. The van der Waals surface area contributed by atoms with E-state index in [-0.39, 0.29) is 0 Å². The van der Waals surface area contributed by atoms with Gasteiger partial charge in [-0.2, -0.15) is 5.10 Å². The highest BCUT2D eigenvalue weighted by Gasteiger charge is 2.09. The normalized spacial score (nSPS) is 10.8. The number of rotatable bonds is 3. The molecule has 1 N–H and O–H groups in total. The molecule has 2 rings (SSSR count). The Morgan fingerprint density at radius 1 is 1.47 bits per heavy atom. The van der Waals surface area contributed by atoms with Crippen molar-refractivity contribution >= 4 is 39.7 Å². The van der Waals surface area contributed by atoms with Crippen molar-refractivity contribution in [2.24, 2.45) is 0 Å². The van der Waals surface area contributed by atoms with Gasteiger partial charge in [0.15, 0.2) is 10.6 Å². The van der Waals surface area contributed by atoms with Gasteiger partial charge in [-0.15, -0.1) is 0 Å². The Bertz CT molecular complexity index is 570. The van der Waals surface area contributed by atoms with Crippen LogP contribution in [-0.2, 0) is 6.54 Å². The largest absolute Gasteiger partial charge is 0.300 e. The van der Waals surface area contributed by atoms with Gasteiger partial charge < -0.3 is 4.57 Å². The van der Waals surface area contributed by atoms with Crippen molar-refractivity contribution in [3.63, 3.8) is 0 Å². The van der Waals surface area contributed by atoms with Crippen LogP contribution in [0.15, 0.2) is 22.7 Å². The van der Waals surface area contributed by atoms with Crippen LogP contribution in [-0.4, -0.2) is 14.8 Å². The zero-order chi connectivity index (χ0) is 12.4. The summed E-state index contributed by atoms with van der Waals surface area (Å²) in [6.45, 7) is 2.95. The number of H-pyrrole nitrogens is 1. The van der Waals surface area contributed by atoms with Crippen molar-refractivity contribution in [3.8, 4) is 11.4 Å². The molecule has 2 aromatic rings. The second kappa shape index (κ2) is 5.33. The van der Waals surface area contributed by atoms with Crippen LogP contribution in [0.4, 0.5) is 0 Å². The van der Waals surface area contributed by atoms with Crippen LogP contribution < -0.4 is 0 Å². The molecule has 0 radical (unpaired) electrons. The molecule has 90 valence electrons. The Labute approximate surface area is 118 Å². The fourth-order valence-corrected chi connectivity index (χ4v) is 2.74. The maximum Gasteiger partial charge on any atom is 0.195 e. The van der Waals surface area contributed by atoms with Gasteiger partial charge in [-0.3, -0.25) is 5.10 Å². The minimum Gasteiger partial charge on any atom is -0.300 e. The fourth-order valence-electron chi connectivity index (χ4n) is 1.65. The molecule has 0 aliphatic heterocycles. The summed E-state index contributed by atoms with van der Waals surface area (Å²) in [6.07, 6.45) is 1.00. The lowest BCUT2D eigenvalue weighted by Gasteiger charge is -2.06. The number of aromatic nitrogens is 3.